The molecule has 0 radical (unpaired) electrons. The third-order valence-corrected chi connectivity index (χ3v) is 4.97. The molecule has 3 nitrogen and oxygen atoms in total. The number of hydrogen-bond acceptors (Lipinski definition) is 3. The lowest BCUT2D eigenvalue weighted by molar-refractivity contribution is 0.144. The largest absolute Gasteiger partial charge is 0.391 e. The molecule has 2 fully saturated rings. The van der Waals surface area contributed by atoms with E-state index in [1.807, 2.05) is 0 Å². The molecule has 3 rings (SSSR count). The normalized spacial score (nSPS) is 33.7. The number of aliphatic hydroxyl groups is 1. The first-order valence-electron chi connectivity index (χ1n) is 7.93. The zero-order chi connectivity index (χ0) is 13.9. The highest BCUT2D eigenvalue weighted by atomic mass is 16.3. The Hall–Kier alpha value is -0.900. The average Bonchev–Trinajstić information content (AvgIpc) is 3.06. The van der Waals surface area contributed by atoms with Gasteiger partial charge in [-0.3, -0.25) is 0 Å². The first-order valence-corrected chi connectivity index (χ1v) is 7.93. The lowest BCUT2D eigenvalue weighted by Crippen LogP contribution is -2.38. The van der Waals surface area contributed by atoms with Crippen LogP contribution in [0.4, 0.5) is 0 Å². The van der Waals surface area contributed by atoms with Crippen molar-refractivity contribution in [2.45, 2.75) is 44.2 Å². The molecule has 1 saturated carbocycles. The molecule has 3 heteroatoms. The topological polar surface area (TPSA) is 44.3 Å². The molecule has 1 heterocycles. The fraction of sp³-hybridized carbons (Fsp3) is 0.647. The molecule has 3 N–H and O–H groups in total. The van der Waals surface area contributed by atoms with E-state index in [2.05, 4.69) is 41.8 Å². The van der Waals surface area contributed by atoms with Crippen molar-refractivity contribution in [2.24, 2.45) is 5.92 Å². The van der Waals surface area contributed by atoms with E-state index in [1.54, 1.807) is 0 Å². The Morgan fingerprint density at radius 2 is 2.00 bits per heavy atom. The molecule has 20 heavy (non-hydrogen) atoms. The quantitative estimate of drug-likeness (QED) is 0.784. The van der Waals surface area contributed by atoms with E-state index in [4.69, 9.17) is 0 Å². The van der Waals surface area contributed by atoms with Crippen LogP contribution in [0.2, 0.25) is 0 Å². The van der Waals surface area contributed by atoms with Crippen molar-refractivity contribution >= 4 is 0 Å². The summed E-state index contributed by atoms with van der Waals surface area (Å²) < 4.78 is 0. The Kier molecular flexibility index (Phi) is 4.39. The van der Waals surface area contributed by atoms with Gasteiger partial charge in [0.2, 0.25) is 0 Å². The summed E-state index contributed by atoms with van der Waals surface area (Å²) in [5.41, 5.74) is 2.80. The molecule has 0 spiro atoms. The van der Waals surface area contributed by atoms with Gasteiger partial charge in [0, 0.05) is 31.6 Å². The van der Waals surface area contributed by atoms with E-state index < -0.39 is 0 Å². The lowest BCUT2D eigenvalue weighted by atomic mass is 9.93. The molecule has 2 aliphatic rings. The minimum absolute atomic E-state index is 0.179. The van der Waals surface area contributed by atoms with Gasteiger partial charge in [-0.15, -0.1) is 0 Å². The van der Waals surface area contributed by atoms with Gasteiger partial charge in [0.15, 0.2) is 0 Å². The molecule has 4 unspecified atom stereocenters. The zero-order valence-electron chi connectivity index (χ0n) is 12.3. The summed E-state index contributed by atoms with van der Waals surface area (Å²) in [4.78, 5) is 0. The van der Waals surface area contributed by atoms with Crippen molar-refractivity contribution in [1.29, 1.82) is 0 Å². The van der Waals surface area contributed by atoms with Gasteiger partial charge in [-0.1, -0.05) is 36.2 Å². The summed E-state index contributed by atoms with van der Waals surface area (Å²) in [7, 11) is 0. The molecule has 1 aromatic rings. The SMILES string of the molecule is Cc1ccc(C2CCCC2NCC2CNCC2O)cc1. The highest BCUT2D eigenvalue weighted by Gasteiger charge is 2.30. The van der Waals surface area contributed by atoms with Gasteiger partial charge in [0.25, 0.3) is 0 Å². The fourth-order valence-corrected chi connectivity index (χ4v) is 3.65. The number of benzene rings is 1. The average molecular weight is 274 g/mol. The van der Waals surface area contributed by atoms with E-state index >= 15 is 0 Å². The van der Waals surface area contributed by atoms with Crippen molar-refractivity contribution in [2.75, 3.05) is 19.6 Å². The lowest BCUT2D eigenvalue weighted by Gasteiger charge is -2.24. The summed E-state index contributed by atoms with van der Waals surface area (Å²) in [5, 5.41) is 16.8. The molecular weight excluding hydrogens is 248 g/mol. The van der Waals surface area contributed by atoms with Gasteiger partial charge in [0.05, 0.1) is 6.10 Å². The standard InChI is InChI=1S/C17H26N2O/c1-12-5-7-13(8-6-12)15-3-2-4-16(15)19-10-14-9-18-11-17(14)20/h5-8,14-20H,2-4,9-11H2,1H3. The Balaban J connectivity index is 1.59. The maximum absolute atomic E-state index is 9.87. The Bertz CT molecular complexity index is 431. The van der Waals surface area contributed by atoms with Crippen LogP contribution in [0, 0.1) is 12.8 Å². The first kappa shape index (κ1) is 14.1. The summed E-state index contributed by atoms with van der Waals surface area (Å²) in [5.74, 6) is 1.01. The van der Waals surface area contributed by atoms with E-state index in [0.717, 1.165) is 19.6 Å². The van der Waals surface area contributed by atoms with E-state index in [1.165, 1.54) is 30.4 Å². The Morgan fingerprint density at radius 3 is 2.70 bits per heavy atom. The van der Waals surface area contributed by atoms with Crippen molar-refractivity contribution in [1.82, 2.24) is 10.6 Å². The van der Waals surface area contributed by atoms with Crippen molar-refractivity contribution in [3.8, 4) is 0 Å². The molecule has 1 aromatic carbocycles. The molecule has 0 bridgehead atoms. The Labute approximate surface area is 121 Å². The minimum Gasteiger partial charge on any atom is -0.391 e. The Morgan fingerprint density at radius 1 is 1.20 bits per heavy atom. The highest BCUT2D eigenvalue weighted by Crippen LogP contribution is 2.34. The van der Waals surface area contributed by atoms with Crippen LogP contribution in [-0.4, -0.2) is 36.9 Å². The number of hydrogen-bond donors (Lipinski definition) is 3. The number of aliphatic hydroxyl groups excluding tert-OH is 1. The van der Waals surface area contributed by atoms with Gasteiger partial charge in [0.1, 0.15) is 0 Å². The third kappa shape index (κ3) is 3.05. The number of nitrogens with one attached hydrogen (secondary N) is 2. The van der Waals surface area contributed by atoms with Crippen molar-refractivity contribution in [3.63, 3.8) is 0 Å². The van der Waals surface area contributed by atoms with Crippen LogP contribution >= 0.6 is 0 Å². The molecule has 1 aliphatic heterocycles. The van der Waals surface area contributed by atoms with Crippen molar-refractivity contribution < 1.29 is 5.11 Å². The van der Waals surface area contributed by atoms with Crippen LogP contribution in [0.1, 0.15) is 36.3 Å². The van der Waals surface area contributed by atoms with Crippen LogP contribution in [0.3, 0.4) is 0 Å². The van der Waals surface area contributed by atoms with Crippen LogP contribution in [0.25, 0.3) is 0 Å². The maximum atomic E-state index is 9.87. The zero-order valence-corrected chi connectivity index (χ0v) is 12.3. The van der Waals surface area contributed by atoms with E-state index in [9.17, 15) is 5.11 Å². The van der Waals surface area contributed by atoms with Gasteiger partial charge in [-0.2, -0.15) is 0 Å². The van der Waals surface area contributed by atoms with Crippen molar-refractivity contribution in [3.05, 3.63) is 35.4 Å². The first-order chi connectivity index (χ1) is 9.74. The van der Waals surface area contributed by atoms with Gasteiger partial charge in [-0.05, 0) is 31.2 Å². The number of β-amino-alcohol motifs (C(OH)–C–C–N with tert-alkyl or cyclic N) is 1. The molecule has 1 aliphatic carbocycles. The summed E-state index contributed by atoms with van der Waals surface area (Å²) in [6, 6.07) is 9.58. The van der Waals surface area contributed by atoms with Crippen LogP contribution in [0.5, 0.6) is 0 Å². The van der Waals surface area contributed by atoms with Crippen LogP contribution in [0.15, 0.2) is 24.3 Å². The third-order valence-electron chi connectivity index (χ3n) is 4.97. The second-order valence-electron chi connectivity index (χ2n) is 6.45. The summed E-state index contributed by atoms with van der Waals surface area (Å²) >= 11 is 0. The highest BCUT2D eigenvalue weighted by molar-refractivity contribution is 5.26. The maximum Gasteiger partial charge on any atom is 0.0716 e. The molecule has 1 saturated heterocycles. The van der Waals surface area contributed by atoms with Gasteiger partial charge >= 0.3 is 0 Å². The molecule has 0 amide bonds. The summed E-state index contributed by atoms with van der Waals surface area (Å²) in [6.45, 7) is 4.76. The molecule has 4 atom stereocenters. The fourth-order valence-electron chi connectivity index (χ4n) is 3.65. The second-order valence-corrected chi connectivity index (χ2v) is 6.45. The monoisotopic (exact) mass is 274 g/mol. The smallest absolute Gasteiger partial charge is 0.0716 e. The molecular formula is C17H26N2O. The predicted octanol–water partition coefficient (Wildman–Crippen LogP) is 1.80. The predicted molar refractivity (Wildman–Crippen MR) is 81.9 cm³/mol. The van der Waals surface area contributed by atoms with E-state index in [0.29, 0.717) is 17.9 Å². The second kappa shape index (κ2) is 6.25. The number of rotatable bonds is 4. The van der Waals surface area contributed by atoms with Crippen LogP contribution in [-0.2, 0) is 0 Å². The van der Waals surface area contributed by atoms with Gasteiger partial charge in [-0.25, -0.2) is 0 Å². The van der Waals surface area contributed by atoms with Crippen LogP contribution < -0.4 is 10.6 Å². The van der Waals surface area contributed by atoms with Gasteiger partial charge < -0.3 is 15.7 Å². The summed E-state index contributed by atoms with van der Waals surface area (Å²) in [6.07, 6.45) is 3.67. The minimum atomic E-state index is -0.179. The number of aryl methyl sites for hydroxylation is 1. The van der Waals surface area contributed by atoms with E-state index in [-0.39, 0.29) is 6.10 Å². The molecule has 110 valence electrons. The molecule has 0 aromatic heterocycles.